The Morgan fingerprint density at radius 2 is 2.27 bits per heavy atom. The average Bonchev–Trinajstić information content (AvgIpc) is 2.15. The molecule has 0 fully saturated rings. The molecule has 0 amide bonds. The Morgan fingerprint density at radius 3 is 2.80 bits per heavy atom. The number of rotatable bonds is 5. The van der Waals surface area contributed by atoms with Crippen molar-refractivity contribution < 1.29 is 4.74 Å². The SMILES string of the molecule is CCC(COC)Nc1cc(C)nc(N)n1. The molecule has 3 N–H and O–H groups in total. The van der Waals surface area contributed by atoms with E-state index in [1.807, 2.05) is 13.0 Å². The Labute approximate surface area is 90.1 Å². The molecule has 0 saturated carbocycles. The molecule has 0 bridgehead atoms. The Hall–Kier alpha value is -1.36. The second-order valence-electron chi connectivity index (χ2n) is 3.46. The van der Waals surface area contributed by atoms with Crippen molar-refractivity contribution in [1.29, 1.82) is 0 Å². The van der Waals surface area contributed by atoms with Crippen LogP contribution in [0, 0.1) is 6.92 Å². The number of nitrogens with one attached hydrogen (secondary N) is 1. The molecule has 0 spiro atoms. The number of nitrogens with zero attached hydrogens (tertiary/aromatic N) is 2. The Bertz CT molecular complexity index is 296. The first-order valence-electron chi connectivity index (χ1n) is 5.02. The van der Waals surface area contributed by atoms with Crippen molar-refractivity contribution in [2.75, 3.05) is 24.8 Å². The van der Waals surface area contributed by atoms with Gasteiger partial charge in [-0.25, -0.2) is 4.98 Å². The fourth-order valence-electron chi connectivity index (χ4n) is 1.34. The lowest BCUT2D eigenvalue weighted by atomic mass is 10.2. The van der Waals surface area contributed by atoms with Gasteiger partial charge >= 0.3 is 0 Å². The van der Waals surface area contributed by atoms with Crippen molar-refractivity contribution in [1.82, 2.24) is 9.97 Å². The van der Waals surface area contributed by atoms with Gasteiger partial charge in [-0.05, 0) is 13.3 Å². The fourth-order valence-corrected chi connectivity index (χ4v) is 1.34. The molecule has 15 heavy (non-hydrogen) atoms. The van der Waals surface area contributed by atoms with E-state index in [4.69, 9.17) is 10.5 Å². The normalized spacial score (nSPS) is 12.5. The molecule has 1 atom stereocenters. The molecule has 84 valence electrons. The van der Waals surface area contributed by atoms with Gasteiger partial charge in [-0.2, -0.15) is 4.98 Å². The average molecular weight is 210 g/mol. The van der Waals surface area contributed by atoms with Gasteiger partial charge in [-0.3, -0.25) is 0 Å². The van der Waals surface area contributed by atoms with E-state index in [-0.39, 0.29) is 6.04 Å². The minimum absolute atomic E-state index is 0.253. The van der Waals surface area contributed by atoms with Crippen molar-refractivity contribution in [2.45, 2.75) is 26.3 Å². The van der Waals surface area contributed by atoms with E-state index in [0.29, 0.717) is 12.6 Å². The minimum atomic E-state index is 0.253. The minimum Gasteiger partial charge on any atom is -0.383 e. The molecule has 5 heteroatoms. The van der Waals surface area contributed by atoms with Gasteiger partial charge in [-0.1, -0.05) is 6.92 Å². The highest BCUT2D eigenvalue weighted by Gasteiger charge is 2.07. The van der Waals surface area contributed by atoms with Gasteiger partial charge in [0.1, 0.15) is 5.82 Å². The number of ether oxygens (including phenoxy) is 1. The molecular formula is C10H18N4O. The predicted octanol–water partition coefficient (Wildman–Crippen LogP) is 1.20. The summed E-state index contributed by atoms with van der Waals surface area (Å²) < 4.78 is 5.09. The number of anilines is 2. The zero-order valence-electron chi connectivity index (χ0n) is 9.45. The Morgan fingerprint density at radius 1 is 1.53 bits per heavy atom. The van der Waals surface area contributed by atoms with Gasteiger partial charge in [0.05, 0.1) is 12.6 Å². The van der Waals surface area contributed by atoms with Crippen LogP contribution in [0.5, 0.6) is 0 Å². The second-order valence-corrected chi connectivity index (χ2v) is 3.46. The zero-order valence-corrected chi connectivity index (χ0v) is 9.45. The summed E-state index contributed by atoms with van der Waals surface area (Å²) >= 11 is 0. The highest BCUT2D eigenvalue weighted by atomic mass is 16.5. The largest absolute Gasteiger partial charge is 0.383 e. The maximum Gasteiger partial charge on any atom is 0.222 e. The van der Waals surface area contributed by atoms with E-state index < -0.39 is 0 Å². The van der Waals surface area contributed by atoms with Gasteiger partial charge in [0.2, 0.25) is 5.95 Å². The number of hydrogen-bond donors (Lipinski definition) is 2. The standard InChI is InChI=1S/C10H18N4O/c1-4-8(6-15-3)13-9-5-7(2)12-10(11)14-9/h5,8H,4,6H2,1-3H3,(H3,11,12,13,14). The predicted molar refractivity (Wildman–Crippen MR) is 60.8 cm³/mol. The molecule has 0 aliphatic carbocycles. The molecular weight excluding hydrogens is 192 g/mol. The molecule has 0 aliphatic heterocycles. The quantitative estimate of drug-likeness (QED) is 0.764. The van der Waals surface area contributed by atoms with Gasteiger partial charge in [0, 0.05) is 18.9 Å². The van der Waals surface area contributed by atoms with Crippen molar-refractivity contribution in [2.24, 2.45) is 0 Å². The third-order valence-electron chi connectivity index (χ3n) is 2.08. The van der Waals surface area contributed by atoms with Crippen LogP contribution in [0.4, 0.5) is 11.8 Å². The van der Waals surface area contributed by atoms with Crippen LogP contribution in [0.25, 0.3) is 0 Å². The first-order chi connectivity index (χ1) is 7.15. The summed E-state index contributed by atoms with van der Waals surface area (Å²) in [4.78, 5) is 8.11. The van der Waals surface area contributed by atoms with Crippen LogP contribution in [-0.4, -0.2) is 29.7 Å². The van der Waals surface area contributed by atoms with Crippen LogP contribution < -0.4 is 11.1 Å². The first kappa shape index (κ1) is 11.7. The number of nitrogen functional groups attached to an aromatic ring is 1. The Balaban J connectivity index is 2.69. The molecule has 0 saturated heterocycles. The van der Waals surface area contributed by atoms with Crippen LogP contribution in [0.3, 0.4) is 0 Å². The summed E-state index contributed by atoms with van der Waals surface area (Å²) in [6.45, 7) is 4.63. The van der Waals surface area contributed by atoms with Gasteiger partial charge in [0.15, 0.2) is 0 Å². The number of hydrogen-bond acceptors (Lipinski definition) is 5. The first-order valence-corrected chi connectivity index (χ1v) is 5.02. The maximum absolute atomic E-state index is 5.56. The molecule has 1 unspecified atom stereocenters. The third-order valence-corrected chi connectivity index (χ3v) is 2.08. The summed E-state index contributed by atoms with van der Waals surface area (Å²) in [5, 5.41) is 3.26. The van der Waals surface area contributed by atoms with Gasteiger partial charge in [0.25, 0.3) is 0 Å². The van der Waals surface area contributed by atoms with Crippen LogP contribution in [0.2, 0.25) is 0 Å². The summed E-state index contributed by atoms with van der Waals surface area (Å²) in [5.41, 5.74) is 6.42. The lowest BCUT2D eigenvalue weighted by molar-refractivity contribution is 0.184. The van der Waals surface area contributed by atoms with Gasteiger partial charge < -0.3 is 15.8 Å². The van der Waals surface area contributed by atoms with E-state index in [2.05, 4.69) is 22.2 Å². The highest BCUT2D eigenvalue weighted by molar-refractivity contribution is 5.40. The monoisotopic (exact) mass is 210 g/mol. The van der Waals surface area contributed by atoms with Crippen LogP contribution in [0.15, 0.2) is 6.07 Å². The highest BCUT2D eigenvalue weighted by Crippen LogP contribution is 2.09. The summed E-state index contributed by atoms with van der Waals surface area (Å²) in [7, 11) is 1.68. The van der Waals surface area contributed by atoms with E-state index in [9.17, 15) is 0 Å². The van der Waals surface area contributed by atoms with Crippen LogP contribution >= 0.6 is 0 Å². The molecule has 1 aromatic rings. The maximum atomic E-state index is 5.56. The van der Waals surface area contributed by atoms with E-state index in [1.165, 1.54) is 0 Å². The zero-order chi connectivity index (χ0) is 11.3. The summed E-state index contributed by atoms with van der Waals surface area (Å²) in [6.07, 6.45) is 0.969. The van der Waals surface area contributed by atoms with Crippen LogP contribution in [0.1, 0.15) is 19.0 Å². The molecule has 1 heterocycles. The number of aryl methyl sites for hydroxylation is 1. The summed E-state index contributed by atoms with van der Waals surface area (Å²) in [6, 6.07) is 2.12. The molecule has 1 aromatic heterocycles. The van der Waals surface area contributed by atoms with E-state index in [0.717, 1.165) is 17.9 Å². The molecule has 1 rings (SSSR count). The van der Waals surface area contributed by atoms with Crippen molar-refractivity contribution in [3.8, 4) is 0 Å². The molecule has 0 radical (unpaired) electrons. The second kappa shape index (κ2) is 5.50. The third kappa shape index (κ3) is 3.71. The molecule has 0 aliphatic rings. The molecule has 0 aromatic carbocycles. The smallest absolute Gasteiger partial charge is 0.222 e. The molecule has 5 nitrogen and oxygen atoms in total. The van der Waals surface area contributed by atoms with E-state index >= 15 is 0 Å². The van der Waals surface area contributed by atoms with Crippen molar-refractivity contribution in [3.05, 3.63) is 11.8 Å². The summed E-state index contributed by atoms with van der Waals surface area (Å²) in [5.74, 6) is 1.05. The number of methoxy groups -OCH3 is 1. The fraction of sp³-hybridized carbons (Fsp3) is 0.600. The van der Waals surface area contributed by atoms with Crippen molar-refractivity contribution >= 4 is 11.8 Å². The van der Waals surface area contributed by atoms with Gasteiger partial charge in [-0.15, -0.1) is 0 Å². The lowest BCUT2D eigenvalue weighted by Crippen LogP contribution is -2.24. The van der Waals surface area contributed by atoms with Crippen LogP contribution in [-0.2, 0) is 4.74 Å². The lowest BCUT2D eigenvalue weighted by Gasteiger charge is -2.16. The topological polar surface area (TPSA) is 73.1 Å². The van der Waals surface area contributed by atoms with E-state index in [1.54, 1.807) is 7.11 Å². The number of nitrogens with two attached hydrogens (primary N) is 1. The van der Waals surface area contributed by atoms with Crippen molar-refractivity contribution in [3.63, 3.8) is 0 Å². The number of aromatic nitrogens is 2. The Kier molecular flexibility index (Phi) is 4.30.